The van der Waals surface area contributed by atoms with Crippen LogP contribution in [0.3, 0.4) is 0 Å². The Labute approximate surface area is 272 Å². The molecule has 4 nitrogen and oxygen atoms in total. The van der Waals surface area contributed by atoms with E-state index >= 15 is 0 Å². The molecule has 0 aliphatic carbocycles. The number of hydrogen-bond donors (Lipinski definition) is 1. The van der Waals surface area contributed by atoms with Crippen molar-refractivity contribution in [1.82, 2.24) is 0 Å². The average Bonchev–Trinajstić information content (AvgIpc) is 3.01. The Bertz CT molecular complexity index is 789. The highest BCUT2D eigenvalue weighted by Crippen LogP contribution is 2.18. The topological polar surface area (TPSA) is 63.6 Å². The molecule has 0 heterocycles. The number of carbonyl (C=O) groups is 2. The van der Waals surface area contributed by atoms with Gasteiger partial charge in [-0.05, 0) is 83.5 Å². The SMILES string of the molecule is CC/C=C\C/C=C\C/C=C\C/C=C\C/C=C\CCCCCC(=O)OC(CCCCCCCC)CCCCCCCCC(=O)O. The second-order valence-corrected chi connectivity index (χ2v) is 12.0. The quantitative estimate of drug-likeness (QED) is 0.0466. The third-order valence-electron chi connectivity index (χ3n) is 7.75. The third-order valence-corrected chi connectivity index (χ3v) is 7.75. The summed E-state index contributed by atoms with van der Waals surface area (Å²) >= 11 is 0. The minimum absolute atomic E-state index is 0.0236. The maximum absolute atomic E-state index is 12.6. The normalized spacial score (nSPS) is 13.0. The van der Waals surface area contributed by atoms with Crippen molar-refractivity contribution in [3.05, 3.63) is 60.8 Å². The first-order valence-electron chi connectivity index (χ1n) is 18.3. The van der Waals surface area contributed by atoms with Crippen LogP contribution < -0.4 is 0 Å². The lowest BCUT2D eigenvalue weighted by Crippen LogP contribution is -2.18. The van der Waals surface area contributed by atoms with Gasteiger partial charge in [0.25, 0.3) is 0 Å². The molecule has 0 bridgehead atoms. The van der Waals surface area contributed by atoms with Gasteiger partial charge in [-0.3, -0.25) is 9.59 Å². The highest BCUT2D eigenvalue weighted by atomic mass is 16.5. The molecule has 0 aliphatic heterocycles. The molecular formula is C40H68O4. The number of hydrogen-bond acceptors (Lipinski definition) is 3. The smallest absolute Gasteiger partial charge is 0.306 e. The molecular weight excluding hydrogens is 544 g/mol. The third kappa shape index (κ3) is 34.1. The molecule has 0 saturated heterocycles. The molecule has 0 fully saturated rings. The van der Waals surface area contributed by atoms with Gasteiger partial charge in [-0.2, -0.15) is 0 Å². The number of esters is 1. The number of carboxylic acid groups (broad SMARTS) is 1. The zero-order chi connectivity index (χ0) is 32.2. The Morgan fingerprint density at radius 2 is 0.955 bits per heavy atom. The lowest BCUT2D eigenvalue weighted by molar-refractivity contribution is -0.150. The largest absolute Gasteiger partial charge is 0.481 e. The molecule has 44 heavy (non-hydrogen) atoms. The van der Waals surface area contributed by atoms with Gasteiger partial charge in [-0.1, -0.05) is 139 Å². The Balaban J connectivity index is 4.01. The van der Waals surface area contributed by atoms with Gasteiger partial charge in [0.2, 0.25) is 0 Å². The summed E-state index contributed by atoms with van der Waals surface area (Å²) in [6.45, 7) is 4.40. The molecule has 1 atom stereocenters. The summed E-state index contributed by atoms with van der Waals surface area (Å²) in [4.78, 5) is 23.2. The summed E-state index contributed by atoms with van der Waals surface area (Å²) in [5.74, 6) is -0.723. The zero-order valence-electron chi connectivity index (χ0n) is 28.7. The first kappa shape index (κ1) is 41.6. The van der Waals surface area contributed by atoms with Crippen LogP contribution >= 0.6 is 0 Å². The van der Waals surface area contributed by atoms with Crippen LogP contribution in [0.25, 0.3) is 0 Å². The number of carboxylic acids is 1. The Morgan fingerprint density at radius 3 is 1.48 bits per heavy atom. The molecule has 0 aromatic heterocycles. The molecule has 0 saturated carbocycles. The second-order valence-electron chi connectivity index (χ2n) is 12.0. The summed E-state index contributed by atoms with van der Waals surface area (Å²) < 4.78 is 5.95. The minimum Gasteiger partial charge on any atom is -0.481 e. The van der Waals surface area contributed by atoms with Gasteiger partial charge in [0.05, 0.1) is 0 Å². The van der Waals surface area contributed by atoms with E-state index in [1.165, 1.54) is 32.1 Å². The van der Waals surface area contributed by atoms with Gasteiger partial charge >= 0.3 is 11.9 Å². The Kier molecular flexibility index (Phi) is 33.2. The van der Waals surface area contributed by atoms with Gasteiger partial charge in [0.15, 0.2) is 0 Å². The van der Waals surface area contributed by atoms with Gasteiger partial charge in [-0.25, -0.2) is 0 Å². The monoisotopic (exact) mass is 613 g/mol. The van der Waals surface area contributed by atoms with Gasteiger partial charge in [-0.15, -0.1) is 0 Å². The van der Waals surface area contributed by atoms with Crippen molar-refractivity contribution in [2.75, 3.05) is 0 Å². The predicted octanol–water partition coefficient (Wildman–Crippen LogP) is 12.6. The van der Waals surface area contributed by atoms with E-state index in [1.54, 1.807) is 0 Å². The Morgan fingerprint density at radius 1 is 0.523 bits per heavy atom. The number of allylic oxidation sites excluding steroid dienone is 10. The molecule has 0 aromatic rings. The average molecular weight is 613 g/mol. The summed E-state index contributed by atoms with van der Waals surface area (Å²) in [7, 11) is 0. The van der Waals surface area contributed by atoms with Crippen molar-refractivity contribution in [2.24, 2.45) is 0 Å². The zero-order valence-corrected chi connectivity index (χ0v) is 28.7. The van der Waals surface area contributed by atoms with Crippen molar-refractivity contribution >= 4 is 11.9 Å². The molecule has 4 heteroatoms. The van der Waals surface area contributed by atoms with E-state index in [4.69, 9.17) is 9.84 Å². The number of carbonyl (C=O) groups excluding carboxylic acids is 1. The van der Waals surface area contributed by atoms with Crippen molar-refractivity contribution in [2.45, 2.75) is 180 Å². The van der Waals surface area contributed by atoms with Crippen LogP contribution in [0.5, 0.6) is 0 Å². The molecule has 0 rings (SSSR count). The number of ether oxygens (including phenoxy) is 1. The molecule has 0 radical (unpaired) electrons. The van der Waals surface area contributed by atoms with Crippen LogP contribution in [-0.2, 0) is 14.3 Å². The molecule has 1 unspecified atom stereocenters. The van der Waals surface area contributed by atoms with Crippen molar-refractivity contribution < 1.29 is 19.4 Å². The summed E-state index contributed by atoms with van der Waals surface area (Å²) in [5, 5.41) is 8.75. The van der Waals surface area contributed by atoms with Crippen molar-refractivity contribution in [1.29, 1.82) is 0 Å². The molecule has 0 aliphatic rings. The van der Waals surface area contributed by atoms with Crippen molar-refractivity contribution in [3.63, 3.8) is 0 Å². The second kappa shape index (κ2) is 35.1. The number of aliphatic carboxylic acids is 1. The van der Waals surface area contributed by atoms with Crippen LogP contribution in [0.1, 0.15) is 174 Å². The van der Waals surface area contributed by atoms with E-state index in [0.717, 1.165) is 116 Å². The first-order chi connectivity index (χ1) is 21.6. The standard InChI is InChI=1S/C40H68O4/c1-3-5-7-9-11-12-13-14-15-16-17-18-19-20-21-22-23-29-33-37-40(43)44-38(34-30-26-10-8-6-4-2)35-31-27-24-25-28-32-36-39(41)42/h5,7,11-12,14-15,17-18,20-21,38H,3-4,6,8-10,13,16,19,22-37H2,1-2H3,(H,41,42)/b7-5-,12-11-,15-14-,18-17-,21-20-. The Hall–Kier alpha value is -2.36. The molecule has 0 aromatic carbocycles. The molecule has 1 N–H and O–H groups in total. The fourth-order valence-electron chi connectivity index (χ4n) is 5.09. The number of unbranched alkanes of at least 4 members (excludes halogenated alkanes) is 13. The number of rotatable bonds is 32. The van der Waals surface area contributed by atoms with Gasteiger partial charge < -0.3 is 9.84 Å². The van der Waals surface area contributed by atoms with E-state index in [-0.39, 0.29) is 18.5 Å². The lowest BCUT2D eigenvalue weighted by Gasteiger charge is -2.18. The van der Waals surface area contributed by atoms with Crippen LogP contribution in [0.2, 0.25) is 0 Å². The molecule has 252 valence electrons. The highest BCUT2D eigenvalue weighted by Gasteiger charge is 2.14. The lowest BCUT2D eigenvalue weighted by atomic mass is 10.0. The predicted molar refractivity (Wildman–Crippen MR) is 190 cm³/mol. The van der Waals surface area contributed by atoms with Gasteiger partial charge in [0.1, 0.15) is 6.10 Å². The fraction of sp³-hybridized carbons (Fsp3) is 0.700. The summed E-state index contributed by atoms with van der Waals surface area (Å²) in [5.41, 5.74) is 0. The molecule has 0 amide bonds. The highest BCUT2D eigenvalue weighted by molar-refractivity contribution is 5.69. The van der Waals surface area contributed by atoms with E-state index in [1.807, 2.05) is 0 Å². The van der Waals surface area contributed by atoms with E-state index in [2.05, 4.69) is 74.6 Å². The molecule has 0 spiro atoms. The first-order valence-corrected chi connectivity index (χ1v) is 18.3. The van der Waals surface area contributed by atoms with Crippen LogP contribution in [0.4, 0.5) is 0 Å². The summed E-state index contributed by atoms with van der Waals surface area (Å²) in [6.07, 6.45) is 48.1. The van der Waals surface area contributed by atoms with Crippen LogP contribution in [0, 0.1) is 0 Å². The van der Waals surface area contributed by atoms with E-state index in [0.29, 0.717) is 6.42 Å². The van der Waals surface area contributed by atoms with E-state index < -0.39 is 5.97 Å². The van der Waals surface area contributed by atoms with Gasteiger partial charge in [0, 0.05) is 12.8 Å². The maximum atomic E-state index is 12.6. The maximum Gasteiger partial charge on any atom is 0.306 e. The van der Waals surface area contributed by atoms with Crippen LogP contribution in [-0.4, -0.2) is 23.1 Å². The minimum atomic E-state index is -0.699. The van der Waals surface area contributed by atoms with Crippen LogP contribution in [0.15, 0.2) is 60.8 Å². The summed E-state index contributed by atoms with van der Waals surface area (Å²) in [6, 6.07) is 0. The van der Waals surface area contributed by atoms with E-state index in [9.17, 15) is 9.59 Å². The van der Waals surface area contributed by atoms with Crippen molar-refractivity contribution in [3.8, 4) is 0 Å². The fourth-order valence-corrected chi connectivity index (χ4v) is 5.09.